The topological polar surface area (TPSA) is 52.4 Å². The van der Waals surface area contributed by atoms with Gasteiger partial charge in [-0.05, 0) is 24.6 Å². The van der Waals surface area contributed by atoms with Crippen molar-refractivity contribution in [2.45, 2.75) is 13.3 Å². The number of rotatable bonds is 5. The summed E-state index contributed by atoms with van der Waals surface area (Å²) in [6, 6.07) is 5.39. The number of halogens is 1. The maximum absolute atomic E-state index is 10.2. The lowest BCUT2D eigenvalue weighted by molar-refractivity contribution is -0.400. The summed E-state index contributed by atoms with van der Waals surface area (Å²) in [6.45, 7) is 2.60. The van der Waals surface area contributed by atoms with E-state index in [4.69, 9.17) is 4.74 Å². The summed E-state index contributed by atoms with van der Waals surface area (Å²) >= 11 is 3.33. The van der Waals surface area contributed by atoms with Gasteiger partial charge in [-0.25, -0.2) is 0 Å². The first-order valence-electron chi connectivity index (χ1n) is 4.87. The van der Waals surface area contributed by atoms with Crippen LogP contribution in [0.5, 0.6) is 5.75 Å². The molecule has 0 radical (unpaired) electrons. The Balaban J connectivity index is 2.92. The predicted octanol–water partition coefficient (Wildman–Crippen LogP) is 3.49. The third-order valence-corrected chi connectivity index (χ3v) is 2.31. The zero-order chi connectivity index (χ0) is 12.0. The molecule has 0 amide bonds. The Morgan fingerprint density at radius 3 is 2.94 bits per heavy atom. The summed E-state index contributed by atoms with van der Waals surface area (Å²) in [5.41, 5.74) is 0.702. The molecule has 0 aliphatic carbocycles. The van der Waals surface area contributed by atoms with E-state index in [0.717, 1.165) is 17.1 Å². The van der Waals surface area contributed by atoms with Crippen LogP contribution in [0.1, 0.15) is 18.9 Å². The second-order valence-electron chi connectivity index (χ2n) is 3.13. The lowest BCUT2D eigenvalue weighted by Gasteiger charge is -2.07. The average Bonchev–Trinajstić information content (AvgIpc) is 2.24. The normalized spacial score (nSPS) is 10.6. The van der Waals surface area contributed by atoms with Crippen molar-refractivity contribution in [3.63, 3.8) is 0 Å². The van der Waals surface area contributed by atoms with Crippen LogP contribution in [0.3, 0.4) is 0 Å². The minimum absolute atomic E-state index is 0.494. The summed E-state index contributed by atoms with van der Waals surface area (Å²) < 4.78 is 6.38. The maximum atomic E-state index is 10.2. The van der Waals surface area contributed by atoms with Gasteiger partial charge in [0.2, 0.25) is 6.20 Å². The Morgan fingerprint density at radius 1 is 1.56 bits per heavy atom. The minimum atomic E-state index is -0.494. The standard InChI is InChI=1S/C11H12BrNO3/c1-2-7-16-11-8-10(12)4-3-9(11)5-6-13(14)15/h3-6,8H,2,7H2,1H3/b6-5+. The van der Waals surface area contributed by atoms with Gasteiger partial charge in [0.25, 0.3) is 0 Å². The molecular weight excluding hydrogens is 274 g/mol. The Hall–Kier alpha value is -1.36. The van der Waals surface area contributed by atoms with Crippen molar-refractivity contribution < 1.29 is 9.66 Å². The van der Waals surface area contributed by atoms with Crippen molar-refractivity contribution in [3.05, 3.63) is 44.5 Å². The molecular formula is C11H12BrNO3. The molecule has 0 heterocycles. The Bertz CT molecular complexity index is 404. The lowest BCUT2D eigenvalue weighted by atomic mass is 10.2. The third kappa shape index (κ3) is 4.02. The Kier molecular flexibility index (Phi) is 4.98. The van der Waals surface area contributed by atoms with Gasteiger partial charge in [0.05, 0.1) is 11.5 Å². The van der Waals surface area contributed by atoms with Crippen LogP contribution in [-0.4, -0.2) is 11.5 Å². The fourth-order valence-electron chi connectivity index (χ4n) is 1.12. The number of ether oxygens (including phenoxy) is 1. The van der Waals surface area contributed by atoms with Gasteiger partial charge >= 0.3 is 0 Å². The Morgan fingerprint density at radius 2 is 2.31 bits per heavy atom. The summed E-state index contributed by atoms with van der Waals surface area (Å²) in [4.78, 5) is 9.74. The van der Waals surface area contributed by atoms with Crippen molar-refractivity contribution in [2.75, 3.05) is 6.61 Å². The van der Waals surface area contributed by atoms with E-state index in [1.165, 1.54) is 6.08 Å². The van der Waals surface area contributed by atoms with E-state index >= 15 is 0 Å². The number of nitrogens with zero attached hydrogens (tertiary/aromatic N) is 1. The van der Waals surface area contributed by atoms with Gasteiger partial charge in [-0.3, -0.25) is 10.1 Å². The van der Waals surface area contributed by atoms with Crippen LogP contribution < -0.4 is 4.74 Å². The van der Waals surface area contributed by atoms with Crippen LogP contribution in [0.25, 0.3) is 6.08 Å². The predicted molar refractivity (Wildman–Crippen MR) is 66.0 cm³/mol. The first-order chi connectivity index (χ1) is 7.63. The maximum Gasteiger partial charge on any atom is 0.235 e. The van der Waals surface area contributed by atoms with E-state index < -0.39 is 4.92 Å². The molecule has 5 heteroatoms. The monoisotopic (exact) mass is 285 g/mol. The fraction of sp³-hybridized carbons (Fsp3) is 0.273. The van der Waals surface area contributed by atoms with E-state index in [2.05, 4.69) is 15.9 Å². The number of benzene rings is 1. The molecule has 0 fully saturated rings. The van der Waals surface area contributed by atoms with Gasteiger partial charge in [0.15, 0.2) is 0 Å². The molecule has 0 aliphatic heterocycles. The quantitative estimate of drug-likeness (QED) is 0.615. The van der Waals surface area contributed by atoms with E-state index in [9.17, 15) is 10.1 Å². The molecule has 0 saturated heterocycles. The lowest BCUT2D eigenvalue weighted by Crippen LogP contribution is -1.97. The molecule has 86 valence electrons. The van der Waals surface area contributed by atoms with Gasteiger partial charge in [0.1, 0.15) is 5.75 Å². The first kappa shape index (κ1) is 12.7. The number of hydrogen-bond acceptors (Lipinski definition) is 3. The molecule has 0 aliphatic rings. The van der Waals surface area contributed by atoms with Crippen molar-refractivity contribution >= 4 is 22.0 Å². The Labute approximate surface area is 102 Å². The molecule has 0 N–H and O–H groups in total. The van der Waals surface area contributed by atoms with E-state index in [-0.39, 0.29) is 0 Å². The number of nitro groups is 1. The largest absolute Gasteiger partial charge is 0.493 e. The molecule has 1 aromatic carbocycles. The fourth-order valence-corrected chi connectivity index (χ4v) is 1.46. The van der Waals surface area contributed by atoms with Crippen LogP contribution in [-0.2, 0) is 0 Å². The molecule has 0 aromatic heterocycles. The van der Waals surface area contributed by atoms with Crippen LogP contribution in [0.4, 0.5) is 0 Å². The zero-order valence-electron chi connectivity index (χ0n) is 8.85. The first-order valence-corrected chi connectivity index (χ1v) is 5.67. The SMILES string of the molecule is CCCOc1cc(Br)ccc1/C=C/[N+](=O)[O-]. The molecule has 16 heavy (non-hydrogen) atoms. The van der Waals surface area contributed by atoms with Crippen LogP contribution in [0.2, 0.25) is 0 Å². The molecule has 1 aromatic rings. The molecule has 0 atom stereocenters. The average molecular weight is 286 g/mol. The van der Waals surface area contributed by atoms with Gasteiger partial charge in [-0.2, -0.15) is 0 Å². The summed E-state index contributed by atoms with van der Waals surface area (Å²) in [5.74, 6) is 0.648. The molecule has 0 saturated carbocycles. The summed E-state index contributed by atoms with van der Waals surface area (Å²) in [7, 11) is 0. The van der Waals surface area contributed by atoms with Crippen LogP contribution >= 0.6 is 15.9 Å². The van der Waals surface area contributed by atoms with Gasteiger partial charge in [-0.1, -0.05) is 22.9 Å². The van der Waals surface area contributed by atoms with Crippen molar-refractivity contribution in [1.82, 2.24) is 0 Å². The van der Waals surface area contributed by atoms with E-state index in [0.29, 0.717) is 17.9 Å². The molecule has 0 unspecified atom stereocenters. The smallest absolute Gasteiger partial charge is 0.235 e. The highest BCUT2D eigenvalue weighted by Gasteiger charge is 2.02. The molecule has 0 spiro atoms. The van der Waals surface area contributed by atoms with Crippen molar-refractivity contribution in [2.24, 2.45) is 0 Å². The third-order valence-electron chi connectivity index (χ3n) is 1.81. The number of hydrogen-bond donors (Lipinski definition) is 0. The minimum Gasteiger partial charge on any atom is -0.493 e. The van der Waals surface area contributed by atoms with Gasteiger partial charge in [-0.15, -0.1) is 0 Å². The van der Waals surface area contributed by atoms with E-state index in [1.54, 1.807) is 12.1 Å². The summed E-state index contributed by atoms with van der Waals surface area (Å²) in [5, 5.41) is 10.2. The second-order valence-corrected chi connectivity index (χ2v) is 4.05. The van der Waals surface area contributed by atoms with Gasteiger partial charge < -0.3 is 4.74 Å². The highest BCUT2D eigenvalue weighted by atomic mass is 79.9. The highest BCUT2D eigenvalue weighted by Crippen LogP contribution is 2.25. The molecule has 1 rings (SSSR count). The highest BCUT2D eigenvalue weighted by molar-refractivity contribution is 9.10. The second kappa shape index (κ2) is 6.27. The van der Waals surface area contributed by atoms with Gasteiger partial charge in [0, 0.05) is 16.1 Å². The molecule has 0 bridgehead atoms. The summed E-state index contributed by atoms with van der Waals surface area (Å²) in [6.07, 6.45) is 3.23. The zero-order valence-corrected chi connectivity index (χ0v) is 10.4. The van der Waals surface area contributed by atoms with Crippen LogP contribution in [0, 0.1) is 10.1 Å². The van der Waals surface area contributed by atoms with E-state index in [1.807, 2.05) is 13.0 Å². The van der Waals surface area contributed by atoms with Crippen LogP contribution in [0.15, 0.2) is 28.9 Å². The van der Waals surface area contributed by atoms with Crippen molar-refractivity contribution in [1.29, 1.82) is 0 Å². The van der Waals surface area contributed by atoms with Crippen molar-refractivity contribution in [3.8, 4) is 5.75 Å². The molecule has 4 nitrogen and oxygen atoms in total.